The molecule has 4 nitrogen and oxygen atoms in total. The van der Waals surface area contributed by atoms with Crippen LogP contribution in [0.15, 0.2) is 0 Å². The van der Waals surface area contributed by atoms with E-state index in [0.717, 1.165) is 12.2 Å². The summed E-state index contributed by atoms with van der Waals surface area (Å²) < 4.78 is 0. The van der Waals surface area contributed by atoms with Crippen LogP contribution in [0.1, 0.15) is 20.3 Å². The first-order chi connectivity index (χ1) is 6.37. The zero-order valence-electron chi connectivity index (χ0n) is 9.36. The van der Waals surface area contributed by atoms with Gasteiger partial charge in [-0.3, -0.25) is 0 Å². The molecule has 0 bridgehead atoms. The van der Waals surface area contributed by atoms with Crippen LogP contribution >= 0.6 is 11.8 Å². The average Bonchev–Trinajstić information content (AvgIpc) is 2.14. The standard InChI is InChI=1S/C5H13NOS.C4H11NO/c1-8-3-2-5(6)4-7;1-4(2,5)3-6/h5,7H,2-4,6H2,1H3;6H,3,5H2,1-2H3/t5-;/m0./s1. The number of aliphatic hydroxyl groups is 2. The molecule has 1 atom stereocenters. The van der Waals surface area contributed by atoms with E-state index in [2.05, 4.69) is 0 Å². The smallest absolute Gasteiger partial charge is 0.0605 e. The molecule has 0 radical (unpaired) electrons. The van der Waals surface area contributed by atoms with Gasteiger partial charge in [-0.2, -0.15) is 11.8 Å². The molecule has 0 aliphatic rings. The van der Waals surface area contributed by atoms with E-state index in [4.69, 9.17) is 21.7 Å². The van der Waals surface area contributed by atoms with Gasteiger partial charge >= 0.3 is 0 Å². The van der Waals surface area contributed by atoms with Crippen molar-refractivity contribution >= 4 is 11.8 Å². The molecule has 0 aromatic carbocycles. The molecule has 88 valence electrons. The van der Waals surface area contributed by atoms with Crippen molar-refractivity contribution in [2.75, 3.05) is 25.2 Å². The van der Waals surface area contributed by atoms with E-state index < -0.39 is 5.54 Å². The van der Waals surface area contributed by atoms with Crippen molar-refractivity contribution in [3.8, 4) is 0 Å². The Morgan fingerprint density at radius 2 is 1.79 bits per heavy atom. The second kappa shape index (κ2) is 9.73. The van der Waals surface area contributed by atoms with Crippen molar-refractivity contribution in [1.29, 1.82) is 0 Å². The maximum atomic E-state index is 8.43. The van der Waals surface area contributed by atoms with E-state index in [0.29, 0.717) is 0 Å². The first-order valence-corrected chi connectivity index (χ1v) is 6.02. The van der Waals surface area contributed by atoms with Crippen LogP contribution in [0, 0.1) is 0 Å². The monoisotopic (exact) mass is 224 g/mol. The molecule has 0 saturated carbocycles. The van der Waals surface area contributed by atoms with Gasteiger partial charge in [0, 0.05) is 11.6 Å². The van der Waals surface area contributed by atoms with Crippen molar-refractivity contribution in [2.45, 2.75) is 31.8 Å². The zero-order valence-corrected chi connectivity index (χ0v) is 10.2. The van der Waals surface area contributed by atoms with Gasteiger partial charge < -0.3 is 21.7 Å². The summed E-state index contributed by atoms with van der Waals surface area (Å²) in [5, 5.41) is 16.7. The lowest BCUT2D eigenvalue weighted by molar-refractivity contribution is 0.221. The predicted octanol–water partition coefficient (Wildman–Crippen LogP) is -0.225. The summed E-state index contributed by atoms with van der Waals surface area (Å²) in [5.74, 6) is 1.04. The Morgan fingerprint density at radius 1 is 1.36 bits per heavy atom. The molecule has 0 heterocycles. The Labute approximate surface area is 91.1 Å². The fourth-order valence-electron chi connectivity index (χ4n) is 0.361. The second-order valence-corrected chi connectivity index (χ2v) is 4.86. The van der Waals surface area contributed by atoms with E-state index in [1.807, 2.05) is 6.26 Å². The third-order valence-electron chi connectivity index (χ3n) is 1.33. The Morgan fingerprint density at radius 3 is 2.00 bits per heavy atom. The first-order valence-electron chi connectivity index (χ1n) is 4.62. The molecular weight excluding hydrogens is 200 g/mol. The number of hydrogen-bond donors (Lipinski definition) is 4. The molecule has 0 rings (SSSR count). The van der Waals surface area contributed by atoms with E-state index >= 15 is 0 Å². The summed E-state index contributed by atoms with van der Waals surface area (Å²) >= 11 is 1.75. The van der Waals surface area contributed by atoms with Crippen LogP contribution in [-0.2, 0) is 0 Å². The molecular formula is C9H24N2O2S. The number of rotatable bonds is 5. The first kappa shape index (κ1) is 16.6. The lowest BCUT2D eigenvalue weighted by Gasteiger charge is -2.12. The van der Waals surface area contributed by atoms with Gasteiger partial charge in [-0.15, -0.1) is 0 Å². The second-order valence-electron chi connectivity index (χ2n) is 3.87. The molecule has 0 aromatic rings. The van der Waals surface area contributed by atoms with E-state index in [9.17, 15) is 0 Å². The molecule has 0 unspecified atom stereocenters. The van der Waals surface area contributed by atoms with E-state index in [1.165, 1.54) is 0 Å². The van der Waals surface area contributed by atoms with Crippen LogP contribution in [-0.4, -0.2) is 47.0 Å². The molecule has 0 aromatic heterocycles. The molecule has 14 heavy (non-hydrogen) atoms. The van der Waals surface area contributed by atoms with Crippen molar-refractivity contribution in [3.05, 3.63) is 0 Å². The number of hydrogen-bond acceptors (Lipinski definition) is 5. The van der Waals surface area contributed by atoms with Gasteiger partial charge in [0.1, 0.15) is 0 Å². The molecule has 6 N–H and O–H groups in total. The minimum atomic E-state index is -0.403. The number of nitrogens with two attached hydrogens (primary N) is 2. The molecule has 0 aliphatic carbocycles. The highest BCUT2D eigenvalue weighted by Gasteiger charge is 2.05. The molecule has 0 amide bonds. The molecule has 0 spiro atoms. The minimum absolute atomic E-state index is 0.0116. The molecule has 0 aliphatic heterocycles. The Hall–Kier alpha value is 0.190. The van der Waals surface area contributed by atoms with Crippen molar-refractivity contribution in [3.63, 3.8) is 0 Å². The molecule has 0 saturated heterocycles. The van der Waals surface area contributed by atoms with Gasteiger partial charge in [0.05, 0.1) is 13.2 Å². The van der Waals surface area contributed by atoms with Crippen LogP contribution in [0.5, 0.6) is 0 Å². The number of thioether (sulfide) groups is 1. The number of aliphatic hydroxyl groups excluding tert-OH is 2. The van der Waals surface area contributed by atoms with Gasteiger partial charge in [-0.1, -0.05) is 0 Å². The van der Waals surface area contributed by atoms with Crippen LogP contribution in [0.2, 0.25) is 0 Å². The largest absolute Gasteiger partial charge is 0.395 e. The third-order valence-corrected chi connectivity index (χ3v) is 1.98. The molecule has 0 fully saturated rings. The SMILES string of the molecule is CC(C)(N)CO.CSCC[C@H](N)CO. The highest BCUT2D eigenvalue weighted by Crippen LogP contribution is 1.96. The minimum Gasteiger partial charge on any atom is -0.395 e. The zero-order chi connectivity index (χ0) is 11.6. The summed E-state index contributed by atoms with van der Waals surface area (Å²) in [6, 6.07) is -0.0116. The van der Waals surface area contributed by atoms with Gasteiger partial charge in [0.15, 0.2) is 0 Å². The van der Waals surface area contributed by atoms with Crippen LogP contribution in [0.3, 0.4) is 0 Å². The predicted molar refractivity (Wildman–Crippen MR) is 63.4 cm³/mol. The quantitative estimate of drug-likeness (QED) is 0.518. The highest BCUT2D eigenvalue weighted by molar-refractivity contribution is 7.98. The maximum absolute atomic E-state index is 8.43. The van der Waals surface area contributed by atoms with Gasteiger partial charge in [-0.25, -0.2) is 0 Å². The van der Waals surface area contributed by atoms with Gasteiger partial charge in [-0.05, 0) is 32.3 Å². The lowest BCUT2D eigenvalue weighted by Crippen LogP contribution is -2.35. The third kappa shape index (κ3) is 18.1. The molecule has 5 heteroatoms. The van der Waals surface area contributed by atoms with Crippen LogP contribution < -0.4 is 11.5 Å². The van der Waals surface area contributed by atoms with Crippen molar-refractivity contribution in [2.24, 2.45) is 11.5 Å². The van der Waals surface area contributed by atoms with E-state index in [-0.39, 0.29) is 19.3 Å². The Kier molecular flexibility index (Phi) is 11.6. The van der Waals surface area contributed by atoms with E-state index in [1.54, 1.807) is 25.6 Å². The van der Waals surface area contributed by atoms with Crippen LogP contribution in [0.4, 0.5) is 0 Å². The maximum Gasteiger partial charge on any atom is 0.0605 e. The van der Waals surface area contributed by atoms with Crippen molar-refractivity contribution in [1.82, 2.24) is 0 Å². The lowest BCUT2D eigenvalue weighted by atomic mass is 10.1. The topological polar surface area (TPSA) is 92.5 Å². The Bertz CT molecular complexity index is 118. The summed E-state index contributed by atoms with van der Waals surface area (Å²) in [5.41, 5.74) is 10.3. The summed E-state index contributed by atoms with van der Waals surface area (Å²) in [6.07, 6.45) is 2.95. The van der Waals surface area contributed by atoms with Gasteiger partial charge in [0.2, 0.25) is 0 Å². The van der Waals surface area contributed by atoms with Crippen molar-refractivity contribution < 1.29 is 10.2 Å². The normalized spacial score (nSPS) is 13.1. The summed E-state index contributed by atoms with van der Waals surface area (Å²) in [4.78, 5) is 0. The fraction of sp³-hybridized carbons (Fsp3) is 1.00. The summed E-state index contributed by atoms with van der Waals surface area (Å²) in [6.45, 7) is 3.70. The summed E-state index contributed by atoms with van der Waals surface area (Å²) in [7, 11) is 0. The highest BCUT2D eigenvalue weighted by atomic mass is 32.2. The fourth-order valence-corrected chi connectivity index (χ4v) is 0.899. The average molecular weight is 224 g/mol. The van der Waals surface area contributed by atoms with Crippen LogP contribution in [0.25, 0.3) is 0 Å². The Balaban J connectivity index is 0. The van der Waals surface area contributed by atoms with Gasteiger partial charge in [0.25, 0.3) is 0 Å².